The Labute approximate surface area is 151 Å². The molecule has 26 heavy (non-hydrogen) atoms. The molecule has 1 N–H and O–H groups in total. The normalized spacial score (nSPS) is 10.4. The largest absolute Gasteiger partial charge is 0.338 e. The van der Waals surface area contributed by atoms with Crippen molar-refractivity contribution in [3.63, 3.8) is 0 Å². The van der Waals surface area contributed by atoms with Crippen molar-refractivity contribution in [1.29, 1.82) is 10.5 Å². The molecule has 0 spiro atoms. The van der Waals surface area contributed by atoms with E-state index in [-0.39, 0.29) is 0 Å². The van der Waals surface area contributed by atoms with Crippen molar-refractivity contribution < 1.29 is 0 Å². The lowest BCUT2D eigenvalue weighted by Gasteiger charge is -2.12. The first-order chi connectivity index (χ1) is 12.7. The first-order valence-corrected chi connectivity index (χ1v) is 8.20. The van der Waals surface area contributed by atoms with Crippen molar-refractivity contribution >= 4 is 11.0 Å². The van der Waals surface area contributed by atoms with E-state index in [2.05, 4.69) is 34.2 Å². The molecular weight excluding hydrogens is 320 g/mol. The predicted molar refractivity (Wildman–Crippen MR) is 101 cm³/mol. The average molecular weight is 334 g/mol. The maximum absolute atomic E-state index is 9.59. The molecule has 4 heteroatoms. The van der Waals surface area contributed by atoms with Crippen LogP contribution in [0.1, 0.15) is 16.7 Å². The lowest BCUT2D eigenvalue weighted by molar-refractivity contribution is 1.29. The third-order valence-electron chi connectivity index (χ3n) is 4.52. The van der Waals surface area contributed by atoms with Crippen molar-refractivity contribution in [2.24, 2.45) is 0 Å². The smallest absolute Gasteiger partial charge is 0.140 e. The molecule has 0 amide bonds. The third-order valence-corrected chi connectivity index (χ3v) is 4.52. The molecule has 0 unspecified atom stereocenters. The highest BCUT2D eigenvalue weighted by Crippen LogP contribution is 2.34. The van der Waals surface area contributed by atoms with Crippen LogP contribution in [0.4, 0.5) is 0 Å². The molecule has 4 aromatic rings. The second-order valence-electron chi connectivity index (χ2n) is 6.07. The van der Waals surface area contributed by atoms with Gasteiger partial charge < -0.3 is 4.98 Å². The summed E-state index contributed by atoms with van der Waals surface area (Å²) in [6.45, 7) is 2.01. The van der Waals surface area contributed by atoms with Gasteiger partial charge in [0.2, 0.25) is 0 Å². The molecule has 1 aromatic heterocycles. The standard InChI is InChI=1S/C22H14N4/c1-14-18(16-5-3-2-4-6-16)9-8-17(13-24)21(14)22-25-19-10-7-15(12-23)11-20(19)26-22/h2-11H,1H3,(H,25,26). The molecule has 0 fully saturated rings. The van der Waals surface area contributed by atoms with E-state index in [1.54, 1.807) is 12.1 Å². The topological polar surface area (TPSA) is 76.3 Å². The maximum Gasteiger partial charge on any atom is 0.140 e. The SMILES string of the molecule is Cc1c(-c2ccccc2)ccc(C#N)c1-c1nc2ccc(C#N)cc2[nH]1. The zero-order valence-corrected chi connectivity index (χ0v) is 14.1. The Morgan fingerprint density at radius 1 is 0.923 bits per heavy atom. The number of H-pyrrole nitrogens is 1. The van der Waals surface area contributed by atoms with Crippen LogP contribution in [-0.4, -0.2) is 9.97 Å². The Hall–Kier alpha value is -3.89. The number of rotatable bonds is 2. The fraction of sp³-hybridized carbons (Fsp3) is 0.0455. The highest BCUT2D eigenvalue weighted by Gasteiger charge is 2.16. The highest BCUT2D eigenvalue weighted by molar-refractivity contribution is 5.85. The Kier molecular flexibility index (Phi) is 3.73. The summed E-state index contributed by atoms with van der Waals surface area (Å²) < 4.78 is 0. The Balaban J connectivity index is 1.96. The van der Waals surface area contributed by atoms with Gasteiger partial charge in [-0.2, -0.15) is 10.5 Å². The molecule has 0 aliphatic rings. The van der Waals surface area contributed by atoms with E-state index >= 15 is 0 Å². The summed E-state index contributed by atoms with van der Waals surface area (Å²) in [6, 6.07) is 23.6. The van der Waals surface area contributed by atoms with Crippen molar-refractivity contribution in [1.82, 2.24) is 9.97 Å². The minimum absolute atomic E-state index is 0.571. The Morgan fingerprint density at radius 3 is 2.46 bits per heavy atom. The molecule has 0 radical (unpaired) electrons. The molecule has 4 rings (SSSR count). The van der Waals surface area contributed by atoms with Crippen molar-refractivity contribution in [2.75, 3.05) is 0 Å². The molecular formula is C22H14N4. The van der Waals surface area contributed by atoms with Crippen LogP contribution < -0.4 is 0 Å². The molecule has 1 heterocycles. The number of aromatic amines is 1. The molecule has 4 nitrogen and oxygen atoms in total. The molecule has 0 atom stereocenters. The predicted octanol–water partition coefficient (Wildman–Crippen LogP) is 4.95. The van der Waals surface area contributed by atoms with Gasteiger partial charge in [-0.3, -0.25) is 0 Å². The van der Waals surface area contributed by atoms with Gasteiger partial charge in [0, 0.05) is 5.56 Å². The first kappa shape index (κ1) is 15.6. The van der Waals surface area contributed by atoms with Crippen molar-refractivity contribution in [3.8, 4) is 34.7 Å². The lowest BCUT2D eigenvalue weighted by atomic mass is 9.93. The summed E-state index contributed by atoms with van der Waals surface area (Å²) in [5.74, 6) is 0.641. The molecule has 0 aliphatic heterocycles. The van der Waals surface area contributed by atoms with E-state index in [1.807, 2.05) is 43.3 Å². The van der Waals surface area contributed by atoms with Crippen LogP contribution in [0, 0.1) is 29.6 Å². The number of hydrogen-bond acceptors (Lipinski definition) is 3. The summed E-state index contributed by atoms with van der Waals surface area (Å²) in [6.07, 6.45) is 0. The first-order valence-electron chi connectivity index (χ1n) is 8.20. The Morgan fingerprint density at radius 2 is 1.73 bits per heavy atom. The number of nitriles is 2. The lowest BCUT2D eigenvalue weighted by Crippen LogP contribution is -1.94. The van der Waals surface area contributed by atoms with Gasteiger partial charge in [0.25, 0.3) is 0 Å². The van der Waals surface area contributed by atoms with Crippen LogP contribution in [0.2, 0.25) is 0 Å². The van der Waals surface area contributed by atoms with Gasteiger partial charge in [0.1, 0.15) is 5.82 Å². The molecule has 122 valence electrons. The summed E-state index contributed by atoms with van der Waals surface area (Å²) >= 11 is 0. The quantitative estimate of drug-likeness (QED) is 0.563. The van der Waals surface area contributed by atoms with E-state index in [1.165, 1.54) is 0 Å². The fourth-order valence-electron chi connectivity index (χ4n) is 3.24. The van der Waals surface area contributed by atoms with Gasteiger partial charge in [-0.1, -0.05) is 36.4 Å². The van der Waals surface area contributed by atoms with Crippen LogP contribution in [-0.2, 0) is 0 Å². The average Bonchev–Trinajstić information content (AvgIpc) is 3.10. The molecule has 0 aliphatic carbocycles. The molecule has 0 saturated carbocycles. The van der Waals surface area contributed by atoms with Crippen molar-refractivity contribution in [3.05, 3.63) is 77.4 Å². The molecule has 3 aromatic carbocycles. The molecule has 0 saturated heterocycles. The third kappa shape index (κ3) is 2.51. The monoisotopic (exact) mass is 334 g/mol. The number of benzene rings is 3. The zero-order chi connectivity index (χ0) is 18.1. The summed E-state index contributed by atoms with van der Waals surface area (Å²) in [7, 11) is 0. The van der Waals surface area contributed by atoms with E-state index < -0.39 is 0 Å². The van der Waals surface area contributed by atoms with Gasteiger partial charge in [-0.25, -0.2) is 4.98 Å². The zero-order valence-electron chi connectivity index (χ0n) is 14.1. The molecule has 0 bridgehead atoms. The minimum Gasteiger partial charge on any atom is -0.338 e. The maximum atomic E-state index is 9.59. The van der Waals surface area contributed by atoms with Gasteiger partial charge in [-0.15, -0.1) is 0 Å². The number of nitrogens with zero attached hydrogens (tertiary/aromatic N) is 3. The summed E-state index contributed by atoms with van der Waals surface area (Å²) in [4.78, 5) is 7.91. The number of imidazole rings is 1. The van der Waals surface area contributed by atoms with Crippen LogP contribution in [0.5, 0.6) is 0 Å². The Bertz CT molecular complexity index is 1200. The minimum atomic E-state index is 0.571. The highest BCUT2D eigenvalue weighted by atomic mass is 14.9. The van der Waals surface area contributed by atoms with Crippen LogP contribution in [0.3, 0.4) is 0 Å². The number of hydrogen-bond donors (Lipinski definition) is 1. The van der Waals surface area contributed by atoms with Crippen LogP contribution in [0.25, 0.3) is 33.5 Å². The van der Waals surface area contributed by atoms with E-state index in [4.69, 9.17) is 5.26 Å². The van der Waals surface area contributed by atoms with Crippen LogP contribution in [0.15, 0.2) is 60.7 Å². The summed E-state index contributed by atoms with van der Waals surface area (Å²) in [5.41, 5.74) is 6.65. The van der Waals surface area contributed by atoms with E-state index in [9.17, 15) is 5.26 Å². The van der Waals surface area contributed by atoms with Gasteiger partial charge in [0.05, 0.1) is 34.3 Å². The summed E-state index contributed by atoms with van der Waals surface area (Å²) in [5, 5.41) is 18.7. The van der Waals surface area contributed by atoms with Crippen LogP contribution >= 0.6 is 0 Å². The van der Waals surface area contributed by atoms with Gasteiger partial charge >= 0.3 is 0 Å². The van der Waals surface area contributed by atoms with Gasteiger partial charge in [0.15, 0.2) is 0 Å². The number of nitrogens with one attached hydrogen (secondary N) is 1. The second kappa shape index (κ2) is 6.20. The number of aromatic nitrogens is 2. The fourth-order valence-corrected chi connectivity index (χ4v) is 3.24. The second-order valence-corrected chi connectivity index (χ2v) is 6.07. The van der Waals surface area contributed by atoms with Gasteiger partial charge in [-0.05, 0) is 47.9 Å². The van der Waals surface area contributed by atoms with Crippen molar-refractivity contribution in [2.45, 2.75) is 6.92 Å². The van der Waals surface area contributed by atoms with E-state index in [0.29, 0.717) is 17.0 Å². The van der Waals surface area contributed by atoms with E-state index in [0.717, 1.165) is 33.3 Å². The number of fused-ring (bicyclic) bond motifs is 1.